The van der Waals surface area contributed by atoms with Crippen LogP contribution in [0.5, 0.6) is 0 Å². The zero-order chi connectivity index (χ0) is 39.8. The van der Waals surface area contributed by atoms with Crippen molar-refractivity contribution in [3.05, 3.63) is 229 Å². The quantitative estimate of drug-likeness (QED) is 0.134. The van der Waals surface area contributed by atoms with Crippen LogP contribution < -0.4 is 0 Å². The van der Waals surface area contributed by atoms with Crippen LogP contribution in [-0.2, 0) is 0 Å². The van der Waals surface area contributed by atoms with E-state index in [1.807, 2.05) is 0 Å². The molecule has 0 saturated carbocycles. The van der Waals surface area contributed by atoms with Gasteiger partial charge in [0.05, 0.1) is 0 Å². The lowest BCUT2D eigenvalue weighted by atomic mass is 9.83. The lowest BCUT2D eigenvalue weighted by Crippen LogP contribution is -1.93. The fourth-order valence-electron chi connectivity index (χ4n) is 8.67. The summed E-state index contributed by atoms with van der Waals surface area (Å²) in [6.45, 7) is 0. The van der Waals surface area contributed by atoms with E-state index < -0.39 is 0 Å². The Hall–Kier alpha value is -7.10. The largest absolute Gasteiger partial charge is 0.144 e. The number of rotatable bonds is 8. The minimum atomic E-state index is 1.20. The highest BCUT2D eigenvalue weighted by Gasteiger charge is 2.19. The summed E-state index contributed by atoms with van der Waals surface area (Å²) in [6.07, 6.45) is 0. The summed E-state index contributed by atoms with van der Waals surface area (Å²) in [5.74, 6) is 0. The van der Waals surface area contributed by atoms with Crippen LogP contribution in [0.4, 0.5) is 0 Å². The van der Waals surface area contributed by atoms with Gasteiger partial charge in [-0.05, 0) is 134 Å². The van der Waals surface area contributed by atoms with Gasteiger partial charge < -0.3 is 0 Å². The molecule has 0 aliphatic heterocycles. The molecule has 0 aliphatic carbocycles. The van der Waals surface area contributed by atoms with E-state index in [-0.39, 0.29) is 0 Å². The summed E-state index contributed by atoms with van der Waals surface area (Å²) in [7, 11) is 0. The van der Waals surface area contributed by atoms with E-state index in [1.54, 1.807) is 22.7 Å². The van der Waals surface area contributed by atoms with Gasteiger partial charge in [-0.15, -0.1) is 22.7 Å². The van der Waals surface area contributed by atoms with Gasteiger partial charge in [0.2, 0.25) is 0 Å². The molecule has 11 rings (SSSR count). The molecular weight excluding hydrogens is 761 g/mol. The molecule has 0 unspecified atom stereocenters. The van der Waals surface area contributed by atoms with Crippen LogP contribution in [0.3, 0.4) is 0 Å². The van der Waals surface area contributed by atoms with Gasteiger partial charge >= 0.3 is 0 Å². The summed E-state index contributed by atoms with van der Waals surface area (Å²) in [5.41, 5.74) is 17.1. The van der Waals surface area contributed by atoms with Gasteiger partial charge in [0.15, 0.2) is 0 Å². The smallest absolute Gasteiger partial charge is 0.0342 e. The molecule has 2 heterocycles. The summed E-state index contributed by atoms with van der Waals surface area (Å²) in [6, 6.07) is 80.5. The van der Waals surface area contributed by atoms with Crippen molar-refractivity contribution in [2.24, 2.45) is 0 Å². The maximum atomic E-state index is 2.41. The van der Waals surface area contributed by atoms with Crippen LogP contribution in [0.1, 0.15) is 0 Å². The van der Waals surface area contributed by atoms with Crippen LogP contribution in [0.15, 0.2) is 229 Å². The van der Waals surface area contributed by atoms with Crippen LogP contribution in [-0.4, -0.2) is 0 Å². The number of thiophene rings is 2. The highest BCUT2D eigenvalue weighted by Crippen LogP contribution is 2.46. The summed E-state index contributed by atoms with van der Waals surface area (Å²) in [4.78, 5) is 2.58. The monoisotopic (exact) mass is 798 g/mol. The average Bonchev–Trinajstić information content (AvgIpc) is 4.08. The van der Waals surface area contributed by atoms with Crippen LogP contribution in [0.25, 0.3) is 109 Å². The predicted octanol–water partition coefficient (Wildman–Crippen LogP) is 17.5. The first-order chi connectivity index (χ1) is 29.7. The Kier molecular flexibility index (Phi) is 9.35. The van der Waals surface area contributed by atoms with Crippen molar-refractivity contribution < 1.29 is 0 Å². The van der Waals surface area contributed by atoms with E-state index in [4.69, 9.17) is 0 Å². The molecule has 0 atom stereocenters. The van der Waals surface area contributed by atoms with Crippen molar-refractivity contribution in [3.8, 4) is 87.6 Å². The van der Waals surface area contributed by atoms with Crippen LogP contribution in [0.2, 0.25) is 0 Å². The molecule has 0 N–H and O–H groups in total. The lowest BCUT2D eigenvalue weighted by Gasteiger charge is -2.20. The maximum absolute atomic E-state index is 2.41. The number of benzene rings is 9. The van der Waals surface area contributed by atoms with E-state index >= 15 is 0 Å². The molecular formula is C58H38S2. The molecule has 282 valence electrons. The summed E-state index contributed by atoms with van der Waals surface area (Å²) in [5, 5.41) is 9.24. The Morgan fingerprint density at radius 1 is 0.200 bits per heavy atom. The second-order valence-electron chi connectivity index (χ2n) is 15.3. The third-order valence-corrected chi connectivity index (χ3v) is 13.6. The van der Waals surface area contributed by atoms with Crippen LogP contribution >= 0.6 is 22.7 Å². The van der Waals surface area contributed by atoms with Gasteiger partial charge in [-0.3, -0.25) is 0 Å². The Bertz CT molecular complexity index is 2990. The first kappa shape index (κ1) is 36.0. The standard InChI is InChI=1S/C58H38S2/c1-3-9-39(10-4-1)49-31-33-51-53(37-49)57(47-27-19-43(20-28-47)41-15-23-45(24-16-41)55-13-7-35-59-55)52-34-32-50(40-11-5-2-6-12-40)38-54(52)58(51)48-29-21-44(22-30-48)42-17-25-46(26-18-42)56-14-8-36-60-56/h1-38H. The topological polar surface area (TPSA) is 0 Å². The second kappa shape index (κ2) is 15.6. The van der Waals surface area contributed by atoms with Crippen molar-refractivity contribution >= 4 is 44.2 Å². The number of hydrogen-bond acceptors (Lipinski definition) is 2. The molecule has 0 nitrogen and oxygen atoms in total. The highest BCUT2D eigenvalue weighted by molar-refractivity contribution is 7.13. The lowest BCUT2D eigenvalue weighted by molar-refractivity contribution is 1.59. The van der Waals surface area contributed by atoms with Gasteiger partial charge in [-0.2, -0.15) is 0 Å². The van der Waals surface area contributed by atoms with E-state index in [0.717, 1.165) is 0 Å². The Morgan fingerprint density at radius 2 is 0.500 bits per heavy atom. The third-order valence-electron chi connectivity index (χ3n) is 11.7. The molecule has 2 aromatic heterocycles. The molecule has 60 heavy (non-hydrogen) atoms. The van der Waals surface area contributed by atoms with Gasteiger partial charge in [0.25, 0.3) is 0 Å². The minimum absolute atomic E-state index is 1.20. The third kappa shape index (κ3) is 6.76. The van der Waals surface area contributed by atoms with E-state index in [1.165, 1.54) is 109 Å². The molecule has 0 saturated heterocycles. The van der Waals surface area contributed by atoms with Crippen molar-refractivity contribution in [1.82, 2.24) is 0 Å². The molecule has 0 spiro atoms. The summed E-state index contributed by atoms with van der Waals surface area (Å²) >= 11 is 3.55. The minimum Gasteiger partial charge on any atom is -0.144 e. The zero-order valence-corrected chi connectivity index (χ0v) is 34.4. The van der Waals surface area contributed by atoms with Crippen molar-refractivity contribution in [2.45, 2.75) is 0 Å². The zero-order valence-electron chi connectivity index (χ0n) is 32.8. The maximum Gasteiger partial charge on any atom is 0.0342 e. The van der Waals surface area contributed by atoms with E-state index in [0.29, 0.717) is 0 Å². The van der Waals surface area contributed by atoms with Gasteiger partial charge in [0, 0.05) is 9.75 Å². The average molecular weight is 799 g/mol. The first-order valence-corrected chi connectivity index (χ1v) is 22.1. The SMILES string of the molecule is c1ccc(-c2ccc3c(-c4ccc(-c5ccc(-c6cccs6)cc5)cc4)c4cc(-c5ccccc5)ccc4c(-c4ccc(-c5ccc(-c6cccs6)cc5)cc4)c3c2)cc1. The molecule has 0 aliphatic rings. The van der Waals surface area contributed by atoms with Crippen molar-refractivity contribution in [1.29, 1.82) is 0 Å². The molecule has 0 fully saturated rings. The molecule has 2 heteroatoms. The molecule has 0 bridgehead atoms. The van der Waals surface area contributed by atoms with E-state index in [9.17, 15) is 0 Å². The fraction of sp³-hybridized carbons (Fsp3) is 0. The first-order valence-electron chi connectivity index (χ1n) is 20.4. The second-order valence-corrected chi connectivity index (χ2v) is 17.2. The molecule has 9 aromatic carbocycles. The van der Waals surface area contributed by atoms with Gasteiger partial charge in [-0.25, -0.2) is 0 Å². The molecule has 11 aromatic rings. The highest BCUT2D eigenvalue weighted by atomic mass is 32.1. The Balaban J connectivity index is 1.09. The van der Waals surface area contributed by atoms with Gasteiger partial charge in [-0.1, -0.05) is 194 Å². The number of hydrogen-bond donors (Lipinski definition) is 0. The fourth-order valence-corrected chi connectivity index (χ4v) is 10.1. The normalized spacial score (nSPS) is 11.3. The molecule has 0 amide bonds. The van der Waals surface area contributed by atoms with E-state index in [2.05, 4.69) is 229 Å². The Morgan fingerprint density at radius 3 is 0.833 bits per heavy atom. The van der Waals surface area contributed by atoms with Gasteiger partial charge in [0.1, 0.15) is 0 Å². The molecule has 0 radical (unpaired) electrons. The Labute approximate surface area is 359 Å². The predicted molar refractivity (Wildman–Crippen MR) is 261 cm³/mol. The van der Waals surface area contributed by atoms with Crippen molar-refractivity contribution in [2.75, 3.05) is 0 Å². The van der Waals surface area contributed by atoms with Crippen LogP contribution in [0, 0.1) is 0 Å². The number of fused-ring (bicyclic) bond motifs is 2. The van der Waals surface area contributed by atoms with Crippen molar-refractivity contribution in [3.63, 3.8) is 0 Å². The summed E-state index contributed by atoms with van der Waals surface area (Å²) < 4.78 is 0.